The molecule has 9 heteroatoms. The highest BCUT2D eigenvalue weighted by atomic mass is 35.5. The molecule has 0 unspecified atom stereocenters. The number of alkyl halides is 3. The summed E-state index contributed by atoms with van der Waals surface area (Å²) in [4.78, 5) is 3.90. The van der Waals surface area contributed by atoms with E-state index in [1.807, 2.05) is 9.80 Å². The van der Waals surface area contributed by atoms with Gasteiger partial charge in [-0.1, -0.05) is 17.7 Å². The Balaban J connectivity index is 1.63. The minimum Gasteiger partial charge on any atom is -0.495 e. The van der Waals surface area contributed by atoms with Gasteiger partial charge in [0.15, 0.2) is 5.11 Å². The van der Waals surface area contributed by atoms with Crippen molar-refractivity contribution < 1.29 is 17.9 Å². The van der Waals surface area contributed by atoms with Gasteiger partial charge in [0.1, 0.15) is 5.75 Å². The molecule has 0 radical (unpaired) electrons. The van der Waals surface area contributed by atoms with Crippen molar-refractivity contribution in [3.63, 3.8) is 0 Å². The topological polar surface area (TPSA) is 27.7 Å². The van der Waals surface area contributed by atoms with Crippen LogP contribution in [0.3, 0.4) is 0 Å². The van der Waals surface area contributed by atoms with E-state index in [9.17, 15) is 13.2 Å². The Labute approximate surface area is 171 Å². The van der Waals surface area contributed by atoms with Crippen molar-refractivity contribution >= 4 is 40.3 Å². The highest BCUT2D eigenvalue weighted by Crippen LogP contribution is 2.32. The van der Waals surface area contributed by atoms with Crippen LogP contribution in [0.15, 0.2) is 42.5 Å². The first-order valence-corrected chi connectivity index (χ1v) is 9.38. The molecule has 0 spiro atoms. The Morgan fingerprint density at radius 2 is 1.82 bits per heavy atom. The maximum atomic E-state index is 12.9. The Hall–Kier alpha value is -2.19. The van der Waals surface area contributed by atoms with E-state index in [1.165, 1.54) is 12.1 Å². The number of piperazine rings is 1. The van der Waals surface area contributed by atoms with E-state index < -0.39 is 11.7 Å². The highest BCUT2D eigenvalue weighted by Gasteiger charge is 2.31. The molecule has 1 heterocycles. The first-order valence-electron chi connectivity index (χ1n) is 8.59. The first kappa shape index (κ1) is 20.5. The third-order valence-electron chi connectivity index (χ3n) is 4.51. The molecule has 0 bridgehead atoms. The number of benzene rings is 2. The maximum Gasteiger partial charge on any atom is 0.416 e. The van der Waals surface area contributed by atoms with Gasteiger partial charge in [-0.15, -0.1) is 0 Å². The second-order valence-electron chi connectivity index (χ2n) is 6.30. The Morgan fingerprint density at radius 3 is 2.46 bits per heavy atom. The molecule has 0 amide bonds. The van der Waals surface area contributed by atoms with E-state index in [4.69, 9.17) is 28.6 Å². The molecular weight excluding hydrogens is 411 g/mol. The molecule has 2 aromatic rings. The number of hydrogen-bond acceptors (Lipinski definition) is 3. The van der Waals surface area contributed by atoms with E-state index in [0.717, 1.165) is 6.07 Å². The van der Waals surface area contributed by atoms with Crippen molar-refractivity contribution in [2.24, 2.45) is 0 Å². The normalized spacial score (nSPS) is 14.8. The lowest BCUT2D eigenvalue weighted by atomic mass is 10.1. The van der Waals surface area contributed by atoms with Gasteiger partial charge < -0.3 is 19.9 Å². The van der Waals surface area contributed by atoms with Gasteiger partial charge in [0.25, 0.3) is 0 Å². The summed E-state index contributed by atoms with van der Waals surface area (Å²) in [6.45, 7) is 2.31. The first-order chi connectivity index (χ1) is 13.3. The van der Waals surface area contributed by atoms with Crippen molar-refractivity contribution in [3.05, 3.63) is 53.1 Å². The average Bonchev–Trinajstić information content (AvgIpc) is 2.68. The van der Waals surface area contributed by atoms with Crippen molar-refractivity contribution in [2.75, 3.05) is 43.5 Å². The number of rotatable bonds is 3. The van der Waals surface area contributed by atoms with Gasteiger partial charge in [-0.3, -0.25) is 0 Å². The van der Waals surface area contributed by atoms with Gasteiger partial charge in [0.05, 0.1) is 18.4 Å². The molecular formula is C19H19ClF3N3OS. The molecule has 2 aromatic carbocycles. The lowest BCUT2D eigenvalue weighted by molar-refractivity contribution is -0.137. The van der Waals surface area contributed by atoms with Crippen LogP contribution in [0.2, 0.25) is 5.02 Å². The van der Waals surface area contributed by atoms with Crippen molar-refractivity contribution in [3.8, 4) is 5.75 Å². The average molecular weight is 430 g/mol. The van der Waals surface area contributed by atoms with E-state index in [1.54, 1.807) is 31.4 Å². The van der Waals surface area contributed by atoms with E-state index in [0.29, 0.717) is 53.4 Å². The summed E-state index contributed by atoms with van der Waals surface area (Å²) < 4.78 is 44.1. The van der Waals surface area contributed by atoms with Crippen LogP contribution >= 0.6 is 23.8 Å². The lowest BCUT2D eigenvalue weighted by Gasteiger charge is -2.37. The predicted octanol–water partition coefficient (Wildman–Crippen LogP) is 4.89. The van der Waals surface area contributed by atoms with Gasteiger partial charge in [-0.05, 0) is 48.6 Å². The fraction of sp³-hybridized carbons (Fsp3) is 0.316. The van der Waals surface area contributed by atoms with Crippen LogP contribution in [0.5, 0.6) is 5.75 Å². The van der Waals surface area contributed by atoms with Crippen LogP contribution in [-0.2, 0) is 6.18 Å². The van der Waals surface area contributed by atoms with E-state index in [2.05, 4.69) is 5.32 Å². The zero-order valence-electron chi connectivity index (χ0n) is 15.1. The molecule has 1 aliphatic rings. The molecule has 0 saturated carbocycles. The number of anilines is 2. The molecule has 1 aliphatic heterocycles. The number of nitrogens with one attached hydrogen (secondary N) is 1. The van der Waals surface area contributed by atoms with Crippen LogP contribution in [0, 0.1) is 0 Å². The predicted molar refractivity (Wildman–Crippen MR) is 109 cm³/mol. The number of nitrogens with zero attached hydrogens (tertiary/aromatic N) is 2. The summed E-state index contributed by atoms with van der Waals surface area (Å²) in [6, 6.07) is 10.6. The van der Waals surface area contributed by atoms with Crippen LogP contribution in [0.4, 0.5) is 24.5 Å². The third kappa shape index (κ3) is 4.80. The van der Waals surface area contributed by atoms with Gasteiger partial charge >= 0.3 is 6.18 Å². The number of hydrogen-bond donors (Lipinski definition) is 1. The molecule has 1 fully saturated rings. The fourth-order valence-electron chi connectivity index (χ4n) is 3.02. The van der Waals surface area contributed by atoms with Gasteiger partial charge in [0.2, 0.25) is 0 Å². The minimum atomic E-state index is -4.35. The number of thiocarbonyl (C=S) groups is 1. The molecule has 0 atom stereocenters. The Morgan fingerprint density at radius 1 is 1.11 bits per heavy atom. The summed E-state index contributed by atoms with van der Waals surface area (Å²) in [7, 11) is 1.56. The van der Waals surface area contributed by atoms with Gasteiger partial charge in [-0.2, -0.15) is 13.2 Å². The van der Waals surface area contributed by atoms with Crippen molar-refractivity contribution in [1.29, 1.82) is 0 Å². The largest absolute Gasteiger partial charge is 0.495 e. The number of ether oxygens (including phenoxy) is 1. The Bertz CT molecular complexity index is 855. The van der Waals surface area contributed by atoms with Crippen LogP contribution in [0.25, 0.3) is 0 Å². The molecule has 1 N–H and O–H groups in total. The molecule has 150 valence electrons. The summed E-state index contributed by atoms with van der Waals surface area (Å²) >= 11 is 11.5. The smallest absolute Gasteiger partial charge is 0.416 e. The second kappa shape index (κ2) is 8.45. The molecule has 3 rings (SSSR count). The zero-order valence-corrected chi connectivity index (χ0v) is 16.7. The molecule has 1 saturated heterocycles. The standard InChI is InChI=1S/C19H19ClF3N3OS/c1-27-17-6-5-14(20)12-16(17)24-18(28)26-9-7-25(8-10-26)15-4-2-3-13(11-15)19(21,22)23/h2-6,11-12H,7-10H2,1H3,(H,24,28). The SMILES string of the molecule is COc1ccc(Cl)cc1NC(=S)N1CCN(c2cccc(C(F)(F)F)c2)CC1. The lowest BCUT2D eigenvalue weighted by Crippen LogP contribution is -2.50. The molecule has 0 aliphatic carbocycles. The summed E-state index contributed by atoms with van der Waals surface area (Å²) in [5.41, 5.74) is 0.586. The van der Waals surface area contributed by atoms with Gasteiger partial charge in [0, 0.05) is 36.9 Å². The van der Waals surface area contributed by atoms with E-state index in [-0.39, 0.29) is 0 Å². The van der Waals surface area contributed by atoms with Crippen LogP contribution < -0.4 is 15.0 Å². The second-order valence-corrected chi connectivity index (χ2v) is 7.12. The summed E-state index contributed by atoms with van der Waals surface area (Å²) in [6.07, 6.45) is -4.35. The third-order valence-corrected chi connectivity index (χ3v) is 5.10. The highest BCUT2D eigenvalue weighted by molar-refractivity contribution is 7.80. The number of methoxy groups -OCH3 is 1. The molecule has 4 nitrogen and oxygen atoms in total. The van der Waals surface area contributed by atoms with Gasteiger partial charge in [-0.25, -0.2) is 0 Å². The Kier molecular flexibility index (Phi) is 6.20. The minimum absolute atomic E-state index is 0.518. The van der Waals surface area contributed by atoms with Crippen molar-refractivity contribution in [1.82, 2.24) is 4.90 Å². The van der Waals surface area contributed by atoms with Crippen LogP contribution in [0.1, 0.15) is 5.56 Å². The monoisotopic (exact) mass is 429 g/mol. The van der Waals surface area contributed by atoms with Crippen molar-refractivity contribution in [2.45, 2.75) is 6.18 Å². The quantitative estimate of drug-likeness (QED) is 0.701. The molecule has 28 heavy (non-hydrogen) atoms. The summed E-state index contributed by atoms with van der Waals surface area (Å²) in [5.74, 6) is 0.620. The van der Waals surface area contributed by atoms with Crippen LogP contribution in [-0.4, -0.2) is 43.3 Å². The fourth-order valence-corrected chi connectivity index (χ4v) is 3.48. The maximum absolute atomic E-state index is 12.9. The van der Waals surface area contributed by atoms with E-state index >= 15 is 0 Å². The number of halogens is 4. The summed E-state index contributed by atoms with van der Waals surface area (Å²) in [5, 5.41) is 4.21. The zero-order chi connectivity index (χ0) is 20.3. The molecule has 0 aromatic heterocycles.